The molecule has 2 N–H and O–H groups in total. The fraction of sp³-hybridized carbons (Fsp3) is 0.375. The number of carbonyl (C=O) groups excluding carboxylic acids is 2. The van der Waals surface area contributed by atoms with Crippen molar-refractivity contribution < 1.29 is 14.3 Å². The lowest BCUT2D eigenvalue weighted by molar-refractivity contribution is -0.139. The molecule has 1 amide bonds. The van der Waals surface area contributed by atoms with E-state index < -0.39 is 5.97 Å². The van der Waals surface area contributed by atoms with Gasteiger partial charge in [-0.15, -0.1) is 0 Å². The summed E-state index contributed by atoms with van der Waals surface area (Å²) in [6.45, 7) is 5.97. The van der Waals surface area contributed by atoms with E-state index in [0.29, 0.717) is 5.56 Å². The maximum absolute atomic E-state index is 12.3. The number of fused-ring (bicyclic) bond motifs is 1. The molecule has 0 fully saturated rings. The van der Waals surface area contributed by atoms with Gasteiger partial charge in [0.05, 0.1) is 23.9 Å². The van der Waals surface area contributed by atoms with Gasteiger partial charge in [0.2, 0.25) is 0 Å². The summed E-state index contributed by atoms with van der Waals surface area (Å²) >= 11 is 0. The number of allylic oxidation sites excluding steroid dienone is 1. The summed E-state index contributed by atoms with van der Waals surface area (Å²) in [7, 11) is 1.29. The number of methoxy groups -OCH3 is 1. The molecule has 5 heteroatoms. The van der Waals surface area contributed by atoms with Crippen molar-refractivity contribution in [3.8, 4) is 0 Å². The summed E-state index contributed by atoms with van der Waals surface area (Å²) in [5, 5.41) is 5.93. The number of hydrogen-bond acceptors (Lipinski definition) is 4. The Morgan fingerprint density at radius 2 is 2.05 bits per heavy atom. The Labute approximate surface area is 124 Å². The van der Waals surface area contributed by atoms with E-state index in [4.69, 9.17) is 0 Å². The van der Waals surface area contributed by atoms with Crippen molar-refractivity contribution >= 4 is 23.1 Å². The smallest absolute Gasteiger partial charge is 0.325 e. The van der Waals surface area contributed by atoms with E-state index in [1.165, 1.54) is 7.11 Å². The minimum absolute atomic E-state index is 0.142. The number of rotatable bonds is 3. The first-order valence-electron chi connectivity index (χ1n) is 6.80. The molecule has 0 aliphatic carbocycles. The Hall–Kier alpha value is -2.30. The van der Waals surface area contributed by atoms with Crippen LogP contribution in [0.4, 0.5) is 5.69 Å². The van der Waals surface area contributed by atoms with E-state index in [2.05, 4.69) is 21.4 Å². The monoisotopic (exact) mass is 288 g/mol. The second kappa shape index (κ2) is 5.60. The van der Waals surface area contributed by atoms with Crippen molar-refractivity contribution in [3.05, 3.63) is 35.4 Å². The Bertz CT molecular complexity index is 618. The van der Waals surface area contributed by atoms with E-state index in [-0.39, 0.29) is 18.0 Å². The zero-order valence-electron chi connectivity index (χ0n) is 12.7. The molecule has 1 heterocycles. The minimum atomic E-state index is -0.475. The van der Waals surface area contributed by atoms with Crippen LogP contribution in [-0.2, 0) is 9.53 Å². The van der Waals surface area contributed by atoms with Crippen LogP contribution in [0.1, 0.15) is 36.7 Å². The van der Waals surface area contributed by atoms with Crippen LogP contribution in [0.15, 0.2) is 24.3 Å². The van der Waals surface area contributed by atoms with Crippen molar-refractivity contribution in [1.29, 1.82) is 0 Å². The summed E-state index contributed by atoms with van der Waals surface area (Å²) in [6.07, 6.45) is 2.13. The molecule has 5 nitrogen and oxygen atoms in total. The van der Waals surface area contributed by atoms with Crippen LogP contribution < -0.4 is 10.6 Å². The molecule has 0 bridgehead atoms. The molecular weight excluding hydrogens is 268 g/mol. The van der Waals surface area contributed by atoms with Gasteiger partial charge in [0.1, 0.15) is 6.54 Å². The lowest BCUT2D eigenvalue weighted by Gasteiger charge is -2.32. The predicted octanol–water partition coefficient (Wildman–Crippen LogP) is 2.20. The van der Waals surface area contributed by atoms with Crippen LogP contribution in [0.2, 0.25) is 0 Å². The van der Waals surface area contributed by atoms with E-state index >= 15 is 0 Å². The number of nitrogens with one attached hydrogen (secondary N) is 2. The maximum atomic E-state index is 12.3. The molecule has 0 saturated carbocycles. The fourth-order valence-electron chi connectivity index (χ4n) is 2.50. The highest BCUT2D eigenvalue weighted by atomic mass is 16.5. The van der Waals surface area contributed by atoms with Crippen molar-refractivity contribution in [1.82, 2.24) is 5.32 Å². The van der Waals surface area contributed by atoms with E-state index in [0.717, 1.165) is 16.8 Å². The summed E-state index contributed by atoms with van der Waals surface area (Å²) < 4.78 is 4.52. The largest absolute Gasteiger partial charge is 0.468 e. The number of esters is 1. The van der Waals surface area contributed by atoms with Gasteiger partial charge < -0.3 is 15.4 Å². The van der Waals surface area contributed by atoms with Gasteiger partial charge in [0.15, 0.2) is 0 Å². The van der Waals surface area contributed by atoms with Crippen LogP contribution in [0, 0.1) is 0 Å². The van der Waals surface area contributed by atoms with Gasteiger partial charge in [-0.3, -0.25) is 9.59 Å². The van der Waals surface area contributed by atoms with Gasteiger partial charge in [0, 0.05) is 5.56 Å². The third-order valence-electron chi connectivity index (χ3n) is 3.38. The second-order valence-corrected chi connectivity index (χ2v) is 5.66. The van der Waals surface area contributed by atoms with Crippen molar-refractivity contribution in [2.24, 2.45) is 0 Å². The molecule has 112 valence electrons. The van der Waals surface area contributed by atoms with Gasteiger partial charge in [0.25, 0.3) is 5.91 Å². The number of hydrogen-bond donors (Lipinski definition) is 2. The van der Waals surface area contributed by atoms with Crippen LogP contribution in [0.25, 0.3) is 5.57 Å². The molecule has 0 saturated heterocycles. The molecule has 1 aliphatic rings. The Balaban J connectivity index is 2.31. The van der Waals surface area contributed by atoms with Gasteiger partial charge in [-0.1, -0.05) is 18.2 Å². The second-order valence-electron chi connectivity index (χ2n) is 5.66. The van der Waals surface area contributed by atoms with Gasteiger partial charge >= 0.3 is 5.97 Å². The highest BCUT2D eigenvalue weighted by Crippen LogP contribution is 2.35. The molecule has 0 radical (unpaired) electrons. The Kier molecular flexibility index (Phi) is 4.02. The van der Waals surface area contributed by atoms with Crippen molar-refractivity contribution in [3.63, 3.8) is 0 Å². The quantitative estimate of drug-likeness (QED) is 0.837. The number of amides is 1. The Morgan fingerprint density at radius 1 is 1.33 bits per heavy atom. The molecule has 1 aromatic carbocycles. The molecule has 21 heavy (non-hydrogen) atoms. The SMILES string of the molecule is COC(=O)CNC(=O)c1cccc2c1NC(C)(C)C=C2C. The minimum Gasteiger partial charge on any atom is -0.468 e. The molecule has 1 aliphatic heterocycles. The third-order valence-corrected chi connectivity index (χ3v) is 3.38. The summed E-state index contributed by atoms with van der Waals surface area (Å²) in [4.78, 5) is 23.4. The lowest BCUT2D eigenvalue weighted by Crippen LogP contribution is -2.35. The number of para-hydroxylation sites is 1. The van der Waals surface area contributed by atoms with Gasteiger partial charge in [-0.25, -0.2) is 0 Å². The number of benzene rings is 1. The zero-order valence-corrected chi connectivity index (χ0v) is 12.7. The number of anilines is 1. The first kappa shape index (κ1) is 15.1. The molecular formula is C16H20N2O3. The summed E-state index contributed by atoms with van der Waals surface area (Å²) in [5.74, 6) is -0.771. The van der Waals surface area contributed by atoms with Crippen LogP contribution in [-0.4, -0.2) is 31.1 Å². The van der Waals surface area contributed by atoms with Crippen LogP contribution in [0.3, 0.4) is 0 Å². The van der Waals surface area contributed by atoms with Crippen molar-refractivity contribution in [2.75, 3.05) is 19.0 Å². The highest BCUT2D eigenvalue weighted by molar-refractivity contribution is 6.03. The average molecular weight is 288 g/mol. The fourth-order valence-corrected chi connectivity index (χ4v) is 2.50. The van der Waals surface area contributed by atoms with Gasteiger partial charge in [-0.05, 0) is 32.4 Å². The zero-order chi connectivity index (χ0) is 15.6. The molecule has 0 unspecified atom stereocenters. The summed E-state index contributed by atoms with van der Waals surface area (Å²) in [5.41, 5.74) is 3.22. The van der Waals surface area contributed by atoms with Crippen LogP contribution >= 0.6 is 0 Å². The van der Waals surface area contributed by atoms with Gasteiger partial charge in [-0.2, -0.15) is 0 Å². The highest BCUT2D eigenvalue weighted by Gasteiger charge is 2.26. The lowest BCUT2D eigenvalue weighted by atomic mass is 9.89. The topological polar surface area (TPSA) is 67.4 Å². The molecule has 0 aromatic heterocycles. The first-order valence-corrected chi connectivity index (χ1v) is 6.80. The normalized spacial score (nSPS) is 15.3. The van der Waals surface area contributed by atoms with E-state index in [9.17, 15) is 9.59 Å². The molecule has 1 aromatic rings. The Morgan fingerprint density at radius 3 is 2.71 bits per heavy atom. The number of carbonyl (C=O) groups is 2. The molecule has 0 atom stereocenters. The predicted molar refractivity (Wildman–Crippen MR) is 82.1 cm³/mol. The van der Waals surface area contributed by atoms with Crippen molar-refractivity contribution in [2.45, 2.75) is 26.3 Å². The van der Waals surface area contributed by atoms with E-state index in [1.54, 1.807) is 6.07 Å². The first-order chi connectivity index (χ1) is 9.84. The maximum Gasteiger partial charge on any atom is 0.325 e. The standard InChI is InChI=1S/C16H20N2O3/c1-10-8-16(2,3)18-14-11(10)6-5-7-12(14)15(20)17-9-13(19)21-4/h5-8,18H,9H2,1-4H3,(H,17,20). The average Bonchev–Trinajstić information content (AvgIpc) is 2.42. The number of ether oxygens (including phenoxy) is 1. The summed E-state index contributed by atoms with van der Waals surface area (Å²) in [6, 6.07) is 5.55. The molecule has 0 spiro atoms. The molecule has 2 rings (SSSR count). The third kappa shape index (κ3) is 3.24. The van der Waals surface area contributed by atoms with E-state index in [1.807, 2.05) is 32.9 Å². The van der Waals surface area contributed by atoms with Crippen LogP contribution in [0.5, 0.6) is 0 Å².